The van der Waals surface area contributed by atoms with Crippen LogP contribution in [-0.2, 0) is 6.42 Å². The number of thiazole rings is 1. The van der Waals surface area contributed by atoms with Crippen LogP contribution < -0.4 is 11.1 Å². The van der Waals surface area contributed by atoms with Gasteiger partial charge in [-0.1, -0.05) is 6.42 Å². The highest BCUT2D eigenvalue weighted by Gasteiger charge is 2.34. The second kappa shape index (κ2) is 5.94. The SMILES string of the molecule is Cc1csc(CCNCCC2(CN)CCC2)n1. The molecule has 96 valence electrons. The zero-order valence-electron chi connectivity index (χ0n) is 10.7. The van der Waals surface area contributed by atoms with Gasteiger partial charge in [0, 0.05) is 24.0 Å². The summed E-state index contributed by atoms with van der Waals surface area (Å²) in [7, 11) is 0. The molecule has 1 aromatic rings. The molecule has 3 N–H and O–H groups in total. The molecule has 0 saturated heterocycles. The summed E-state index contributed by atoms with van der Waals surface area (Å²) in [5, 5.41) is 6.87. The fourth-order valence-corrected chi connectivity index (χ4v) is 3.20. The van der Waals surface area contributed by atoms with Crippen LogP contribution in [-0.4, -0.2) is 24.6 Å². The maximum Gasteiger partial charge on any atom is 0.0940 e. The maximum absolute atomic E-state index is 5.84. The van der Waals surface area contributed by atoms with E-state index in [2.05, 4.69) is 22.6 Å². The van der Waals surface area contributed by atoms with Crippen LogP contribution in [0.15, 0.2) is 5.38 Å². The molecule has 1 fully saturated rings. The number of nitrogens with two attached hydrogens (primary N) is 1. The molecule has 2 rings (SSSR count). The van der Waals surface area contributed by atoms with E-state index in [1.807, 2.05) is 0 Å². The van der Waals surface area contributed by atoms with E-state index >= 15 is 0 Å². The molecule has 17 heavy (non-hydrogen) atoms. The number of aryl methyl sites for hydroxylation is 1. The van der Waals surface area contributed by atoms with Gasteiger partial charge in [0.1, 0.15) is 0 Å². The molecule has 0 spiro atoms. The van der Waals surface area contributed by atoms with Gasteiger partial charge in [0.2, 0.25) is 0 Å². The lowest BCUT2D eigenvalue weighted by Gasteiger charge is -2.41. The Kier molecular flexibility index (Phi) is 4.54. The summed E-state index contributed by atoms with van der Waals surface area (Å²) in [5.41, 5.74) is 7.46. The Morgan fingerprint density at radius 2 is 2.29 bits per heavy atom. The van der Waals surface area contributed by atoms with Crippen LogP contribution in [0.1, 0.15) is 36.4 Å². The van der Waals surface area contributed by atoms with Crippen LogP contribution >= 0.6 is 11.3 Å². The molecule has 0 unspecified atom stereocenters. The van der Waals surface area contributed by atoms with Crippen LogP contribution in [0.25, 0.3) is 0 Å². The van der Waals surface area contributed by atoms with Crippen LogP contribution in [0.3, 0.4) is 0 Å². The fourth-order valence-electron chi connectivity index (χ4n) is 2.42. The second-order valence-corrected chi connectivity index (χ2v) is 6.13. The Morgan fingerprint density at radius 3 is 2.82 bits per heavy atom. The van der Waals surface area contributed by atoms with Gasteiger partial charge in [-0.15, -0.1) is 11.3 Å². The van der Waals surface area contributed by atoms with Gasteiger partial charge in [-0.05, 0) is 44.7 Å². The summed E-state index contributed by atoms with van der Waals surface area (Å²) in [6.07, 6.45) is 6.32. The van der Waals surface area contributed by atoms with E-state index in [1.165, 1.54) is 30.7 Å². The molecule has 0 aliphatic heterocycles. The monoisotopic (exact) mass is 253 g/mol. The van der Waals surface area contributed by atoms with Gasteiger partial charge in [0.25, 0.3) is 0 Å². The predicted octanol–water partition coefficient (Wildman–Crippen LogP) is 2.10. The molecule has 0 aromatic carbocycles. The van der Waals surface area contributed by atoms with Gasteiger partial charge >= 0.3 is 0 Å². The fraction of sp³-hybridized carbons (Fsp3) is 0.769. The number of aromatic nitrogens is 1. The van der Waals surface area contributed by atoms with Crippen molar-refractivity contribution >= 4 is 11.3 Å². The molecule has 0 amide bonds. The molecule has 1 heterocycles. The molecule has 0 atom stereocenters. The van der Waals surface area contributed by atoms with Gasteiger partial charge in [-0.2, -0.15) is 0 Å². The minimum atomic E-state index is 0.477. The molecular formula is C13H23N3S. The van der Waals surface area contributed by atoms with E-state index < -0.39 is 0 Å². The molecule has 0 bridgehead atoms. The summed E-state index contributed by atoms with van der Waals surface area (Å²) in [4.78, 5) is 4.46. The topological polar surface area (TPSA) is 50.9 Å². The van der Waals surface area contributed by atoms with Gasteiger partial charge < -0.3 is 11.1 Å². The van der Waals surface area contributed by atoms with E-state index in [9.17, 15) is 0 Å². The van der Waals surface area contributed by atoms with Crippen molar-refractivity contribution in [2.75, 3.05) is 19.6 Å². The van der Waals surface area contributed by atoms with Crippen LogP contribution in [0, 0.1) is 12.3 Å². The van der Waals surface area contributed by atoms with E-state index in [0.717, 1.165) is 31.7 Å². The highest BCUT2D eigenvalue weighted by atomic mass is 32.1. The van der Waals surface area contributed by atoms with Crippen LogP contribution in [0.4, 0.5) is 0 Å². The Labute approximate surface area is 108 Å². The highest BCUT2D eigenvalue weighted by molar-refractivity contribution is 7.09. The average Bonchev–Trinajstić information content (AvgIpc) is 2.67. The minimum Gasteiger partial charge on any atom is -0.330 e. The third kappa shape index (κ3) is 3.50. The molecule has 4 heteroatoms. The maximum atomic E-state index is 5.84. The molecule has 0 radical (unpaired) electrons. The van der Waals surface area contributed by atoms with Crippen LogP contribution in [0.5, 0.6) is 0 Å². The van der Waals surface area contributed by atoms with Crippen molar-refractivity contribution in [2.24, 2.45) is 11.1 Å². The van der Waals surface area contributed by atoms with Crippen molar-refractivity contribution in [1.29, 1.82) is 0 Å². The molecule has 1 saturated carbocycles. The van der Waals surface area contributed by atoms with Crippen molar-refractivity contribution in [3.63, 3.8) is 0 Å². The summed E-state index contributed by atoms with van der Waals surface area (Å²) in [6.45, 7) is 5.05. The van der Waals surface area contributed by atoms with Gasteiger partial charge in [-0.3, -0.25) is 0 Å². The smallest absolute Gasteiger partial charge is 0.0940 e. The van der Waals surface area contributed by atoms with E-state index in [0.29, 0.717) is 5.41 Å². The van der Waals surface area contributed by atoms with E-state index in [1.54, 1.807) is 11.3 Å². The van der Waals surface area contributed by atoms with E-state index in [-0.39, 0.29) is 0 Å². The zero-order chi connectivity index (χ0) is 12.1. The molecule has 1 aromatic heterocycles. The first-order chi connectivity index (χ1) is 8.24. The number of hydrogen-bond donors (Lipinski definition) is 2. The standard InChI is InChI=1S/C13H23N3S/c1-11-9-17-12(16-11)3-7-15-8-6-13(10-14)4-2-5-13/h9,15H,2-8,10,14H2,1H3. The minimum absolute atomic E-state index is 0.477. The Hall–Kier alpha value is -0.450. The number of nitrogens with zero attached hydrogens (tertiary/aromatic N) is 1. The molecule has 1 aliphatic rings. The lowest BCUT2D eigenvalue weighted by atomic mass is 9.67. The first kappa shape index (κ1) is 13.0. The van der Waals surface area contributed by atoms with Crippen molar-refractivity contribution in [1.82, 2.24) is 10.3 Å². The average molecular weight is 253 g/mol. The molecule has 3 nitrogen and oxygen atoms in total. The third-order valence-electron chi connectivity index (χ3n) is 3.86. The number of nitrogens with one attached hydrogen (secondary N) is 1. The Bertz CT molecular complexity index is 339. The summed E-state index contributed by atoms with van der Waals surface area (Å²) >= 11 is 1.76. The van der Waals surface area contributed by atoms with Gasteiger partial charge in [-0.25, -0.2) is 4.98 Å². The lowest BCUT2D eigenvalue weighted by molar-refractivity contribution is 0.130. The largest absolute Gasteiger partial charge is 0.330 e. The summed E-state index contributed by atoms with van der Waals surface area (Å²) in [5.74, 6) is 0. The number of hydrogen-bond acceptors (Lipinski definition) is 4. The first-order valence-electron chi connectivity index (χ1n) is 6.56. The van der Waals surface area contributed by atoms with Crippen molar-refractivity contribution in [3.05, 3.63) is 16.1 Å². The molecule has 1 aliphatic carbocycles. The first-order valence-corrected chi connectivity index (χ1v) is 7.44. The third-order valence-corrected chi connectivity index (χ3v) is 4.89. The predicted molar refractivity (Wildman–Crippen MR) is 73.4 cm³/mol. The quantitative estimate of drug-likeness (QED) is 0.732. The van der Waals surface area contributed by atoms with Crippen molar-refractivity contribution in [3.8, 4) is 0 Å². The second-order valence-electron chi connectivity index (χ2n) is 5.19. The van der Waals surface area contributed by atoms with Gasteiger partial charge in [0.15, 0.2) is 0 Å². The Balaban J connectivity index is 1.57. The van der Waals surface area contributed by atoms with Crippen LogP contribution in [0.2, 0.25) is 0 Å². The normalized spacial score (nSPS) is 18.0. The summed E-state index contributed by atoms with van der Waals surface area (Å²) in [6, 6.07) is 0. The zero-order valence-corrected chi connectivity index (χ0v) is 11.5. The Morgan fingerprint density at radius 1 is 1.47 bits per heavy atom. The van der Waals surface area contributed by atoms with Gasteiger partial charge in [0.05, 0.1) is 5.01 Å². The molecular weight excluding hydrogens is 230 g/mol. The van der Waals surface area contributed by atoms with E-state index in [4.69, 9.17) is 5.73 Å². The van der Waals surface area contributed by atoms with Crippen molar-refractivity contribution in [2.45, 2.75) is 39.0 Å². The number of rotatable bonds is 7. The lowest BCUT2D eigenvalue weighted by Crippen LogP contribution is -2.39. The van der Waals surface area contributed by atoms with Crippen molar-refractivity contribution < 1.29 is 0 Å². The highest BCUT2D eigenvalue weighted by Crippen LogP contribution is 2.42. The summed E-state index contributed by atoms with van der Waals surface area (Å²) < 4.78 is 0.